The van der Waals surface area contributed by atoms with Gasteiger partial charge in [0.1, 0.15) is 0 Å². The number of rotatable bonds is 42. The fourth-order valence-electron chi connectivity index (χ4n) is 5.80. The van der Waals surface area contributed by atoms with E-state index in [1.54, 1.807) is 0 Å². The van der Waals surface area contributed by atoms with E-state index in [9.17, 15) is 0 Å². The maximum atomic E-state index is 6.27. The summed E-state index contributed by atoms with van der Waals surface area (Å²) in [6.07, 6.45) is 32.7. The van der Waals surface area contributed by atoms with Crippen LogP contribution in [0.5, 0.6) is 0 Å². The summed E-state index contributed by atoms with van der Waals surface area (Å²) in [6, 6.07) is 0. The van der Waals surface area contributed by atoms with E-state index in [0.29, 0.717) is 38.3 Å². The Morgan fingerprint density at radius 2 is 0.549 bits per heavy atom. The molecule has 51 heavy (non-hydrogen) atoms. The summed E-state index contributed by atoms with van der Waals surface area (Å²) >= 11 is 0. The second-order valence-electron chi connectivity index (χ2n) is 14.1. The van der Waals surface area contributed by atoms with Gasteiger partial charge in [-0.3, -0.25) is 0 Å². The van der Waals surface area contributed by atoms with Crippen molar-refractivity contribution < 1.29 is 33.2 Å². The Morgan fingerprint density at radius 1 is 0.275 bits per heavy atom. The summed E-state index contributed by atoms with van der Waals surface area (Å²) in [4.78, 5) is 0. The smallest absolute Gasteiger partial charge is 0.321 e. The normalized spacial score (nSPS) is 12.4. The number of unbranched alkanes of at least 4 members (excludes halogenated alkanes) is 20. The summed E-state index contributed by atoms with van der Waals surface area (Å²) in [5.74, 6) is 2.50. The molecule has 0 aromatic heterocycles. The summed E-state index contributed by atoms with van der Waals surface area (Å²) < 4.78 is 43.1. The zero-order chi connectivity index (χ0) is 37.3. The van der Waals surface area contributed by atoms with Crippen LogP contribution in [-0.4, -0.2) is 40.0 Å². The summed E-state index contributed by atoms with van der Waals surface area (Å²) in [7, 11) is 0. The van der Waals surface area contributed by atoms with Gasteiger partial charge in [0.05, 0.1) is 26.4 Å². The Hall–Kier alpha value is -1.76. The molecule has 0 aromatic carbocycles. The molecule has 0 aliphatic rings. The molecule has 0 N–H and O–H groups in total. The minimum atomic E-state index is 0.00582. The Bertz CT molecular complexity index is 705. The van der Waals surface area contributed by atoms with Crippen molar-refractivity contribution in [3.05, 3.63) is 23.4 Å². The van der Waals surface area contributed by atoms with Crippen LogP contribution < -0.4 is 0 Å². The van der Waals surface area contributed by atoms with Gasteiger partial charge in [0, 0.05) is 12.8 Å². The third-order valence-corrected chi connectivity index (χ3v) is 8.97. The SMILES string of the molecule is CCCCCCCCOC(CCC)=C(OCCCCCCCC)OCOCOC(OCCCCCCCC)=C(CCC)OCCCCCCCC. The van der Waals surface area contributed by atoms with Crippen molar-refractivity contribution in [3.8, 4) is 0 Å². The van der Waals surface area contributed by atoms with E-state index >= 15 is 0 Å². The molecule has 0 unspecified atom stereocenters. The number of hydrogen-bond donors (Lipinski definition) is 0. The van der Waals surface area contributed by atoms with Crippen molar-refractivity contribution in [3.63, 3.8) is 0 Å². The van der Waals surface area contributed by atoms with Gasteiger partial charge >= 0.3 is 11.9 Å². The van der Waals surface area contributed by atoms with Gasteiger partial charge in [-0.15, -0.1) is 0 Å². The van der Waals surface area contributed by atoms with Crippen LogP contribution in [0, 0.1) is 0 Å². The molecule has 0 atom stereocenters. The molecule has 0 spiro atoms. The van der Waals surface area contributed by atoms with Crippen LogP contribution in [0.15, 0.2) is 23.4 Å². The molecule has 0 aliphatic carbocycles. The van der Waals surface area contributed by atoms with Gasteiger partial charge in [0.2, 0.25) is 0 Å². The van der Waals surface area contributed by atoms with E-state index in [1.807, 2.05) is 0 Å². The van der Waals surface area contributed by atoms with Gasteiger partial charge in [-0.05, 0) is 38.5 Å². The lowest BCUT2D eigenvalue weighted by molar-refractivity contribution is -0.148. The van der Waals surface area contributed by atoms with Crippen molar-refractivity contribution in [2.75, 3.05) is 40.0 Å². The molecule has 0 bridgehead atoms. The first-order valence-corrected chi connectivity index (χ1v) is 22.0. The first kappa shape index (κ1) is 49.2. The maximum absolute atomic E-state index is 6.27. The van der Waals surface area contributed by atoms with Gasteiger partial charge < -0.3 is 33.2 Å². The summed E-state index contributed by atoms with van der Waals surface area (Å²) in [6.45, 7) is 15.9. The first-order valence-electron chi connectivity index (χ1n) is 22.0. The molecular weight excluding hydrogens is 640 g/mol. The zero-order valence-corrected chi connectivity index (χ0v) is 34.9. The monoisotopic (exact) mass is 727 g/mol. The van der Waals surface area contributed by atoms with Gasteiger partial charge in [-0.2, -0.15) is 0 Å². The second kappa shape index (κ2) is 41.0. The third kappa shape index (κ3) is 32.6. The molecule has 0 saturated heterocycles. The van der Waals surface area contributed by atoms with Gasteiger partial charge in [0.25, 0.3) is 0 Å². The fraction of sp³-hybridized carbons (Fsp3) is 0.909. The Morgan fingerprint density at radius 3 is 0.843 bits per heavy atom. The Labute approximate surface area is 317 Å². The second-order valence-corrected chi connectivity index (χ2v) is 14.1. The van der Waals surface area contributed by atoms with E-state index in [4.69, 9.17) is 33.2 Å². The van der Waals surface area contributed by atoms with Gasteiger partial charge in [-0.25, -0.2) is 0 Å². The van der Waals surface area contributed by atoms with E-state index < -0.39 is 0 Å². The molecule has 7 nitrogen and oxygen atoms in total. The predicted octanol–water partition coefficient (Wildman–Crippen LogP) is 14.4. The van der Waals surface area contributed by atoms with Gasteiger partial charge in [0.15, 0.2) is 25.1 Å². The van der Waals surface area contributed by atoms with Gasteiger partial charge in [-0.1, -0.05) is 170 Å². The number of hydrogen-bond acceptors (Lipinski definition) is 7. The van der Waals surface area contributed by atoms with Crippen molar-refractivity contribution in [1.29, 1.82) is 0 Å². The molecule has 0 aliphatic heterocycles. The fourth-order valence-corrected chi connectivity index (χ4v) is 5.80. The van der Waals surface area contributed by atoms with Crippen molar-refractivity contribution >= 4 is 0 Å². The van der Waals surface area contributed by atoms with Crippen molar-refractivity contribution in [2.24, 2.45) is 0 Å². The Kier molecular flexibility index (Phi) is 39.6. The van der Waals surface area contributed by atoms with Crippen LogP contribution in [-0.2, 0) is 33.2 Å². The summed E-state index contributed by atoms with van der Waals surface area (Å²) in [5.41, 5.74) is 0. The lowest BCUT2D eigenvalue weighted by Gasteiger charge is -2.19. The molecule has 7 heteroatoms. The first-order chi connectivity index (χ1) is 25.2. The lowest BCUT2D eigenvalue weighted by atomic mass is 10.1. The van der Waals surface area contributed by atoms with Crippen molar-refractivity contribution in [2.45, 2.75) is 221 Å². The van der Waals surface area contributed by atoms with Crippen LogP contribution in [0.4, 0.5) is 0 Å². The zero-order valence-electron chi connectivity index (χ0n) is 34.9. The maximum Gasteiger partial charge on any atom is 0.321 e. The third-order valence-electron chi connectivity index (χ3n) is 8.97. The molecule has 0 radical (unpaired) electrons. The minimum Gasteiger partial charge on any atom is -0.491 e. The molecular formula is C44H86O7. The molecule has 0 rings (SSSR count). The Balaban J connectivity index is 5.32. The highest BCUT2D eigenvalue weighted by molar-refractivity contribution is 4.96. The predicted molar refractivity (Wildman–Crippen MR) is 214 cm³/mol. The molecule has 0 fully saturated rings. The van der Waals surface area contributed by atoms with E-state index in [1.165, 1.54) is 116 Å². The standard InChI is InChI=1S/C44H86O7/c1-7-13-17-21-25-29-35-46-41(33-11-5)43(48-37-31-27-23-19-15-9-3)50-39-45-40-51-44(49-38-32-28-24-20-16-10-4)42(34-12-6)47-36-30-26-22-18-14-8-2/h7-40H2,1-6H3. The number of ether oxygens (including phenoxy) is 7. The topological polar surface area (TPSA) is 64.6 Å². The van der Waals surface area contributed by atoms with E-state index in [-0.39, 0.29) is 13.6 Å². The largest absolute Gasteiger partial charge is 0.491 e. The highest BCUT2D eigenvalue weighted by atomic mass is 16.8. The van der Waals surface area contributed by atoms with Crippen LogP contribution in [0.2, 0.25) is 0 Å². The summed E-state index contributed by atoms with van der Waals surface area (Å²) in [5, 5.41) is 0. The molecule has 0 saturated carbocycles. The number of allylic oxidation sites excluding steroid dienone is 2. The quantitative estimate of drug-likeness (QED) is 0.0352. The van der Waals surface area contributed by atoms with Crippen molar-refractivity contribution in [1.82, 2.24) is 0 Å². The van der Waals surface area contributed by atoms with E-state index in [0.717, 1.165) is 75.7 Å². The van der Waals surface area contributed by atoms with Crippen LogP contribution in [0.1, 0.15) is 221 Å². The average Bonchev–Trinajstić information content (AvgIpc) is 3.13. The van der Waals surface area contributed by atoms with Crippen LogP contribution >= 0.6 is 0 Å². The average molecular weight is 727 g/mol. The highest BCUT2D eigenvalue weighted by Crippen LogP contribution is 2.20. The van der Waals surface area contributed by atoms with Crippen LogP contribution in [0.25, 0.3) is 0 Å². The molecule has 0 aromatic rings. The van der Waals surface area contributed by atoms with Crippen LogP contribution in [0.3, 0.4) is 0 Å². The minimum absolute atomic E-state index is 0.00582. The van der Waals surface area contributed by atoms with E-state index in [2.05, 4.69) is 41.5 Å². The molecule has 304 valence electrons. The lowest BCUT2D eigenvalue weighted by Crippen LogP contribution is -2.13. The molecule has 0 amide bonds. The highest BCUT2D eigenvalue weighted by Gasteiger charge is 2.15. The molecule has 0 heterocycles.